The SMILES string of the molecule is COc1ccccc1C(=O)NCC(=O)OCC(=O)Nc1ccc(C(C)C)cc1. The van der Waals surface area contributed by atoms with E-state index in [9.17, 15) is 14.4 Å². The molecule has 2 N–H and O–H groups in total. The second-order valence-electron chi connectivity index (χ2n) is 6.37. The number of carbonyl (C=O) groups is 3. The molecule has 2 rings (SSSR count). The number of rotatable bonds is 8. The highest BCUT2D eigenvalue weighted by Gasteiger charge is 2.14. The summed E-state index contributed by atoms with van der Waals surface area (Å²) in [5.41, 5.74) is 2.09. The zero-order valence-corrected chi connectivity index (χ0v) is 16.2. The Labute approximate surface area is 164 Å². The molecule has 7 heteroatoms. The fourth-order valence-electron chi connectivity index (χ4n) is 2.43. The van der Waals surface area contributed by atoms with Gasteiger partial charge in [-0.05, 0) is 35.7 Å². The van der Waals surface area contributed by atoms with Gasteiger partial charge in [0.05, 0.1) is 12.7 Å². The summed E-state index contributed by atoms with van der Waals surface area (Å²) in [4.78, 5) is 35.8. The molecule has 0 aliphatic carbocycles. The van der Waals surface area contributed by atoms with Crippen LogP contribution in [0.5, 0.6) is 5.75 Å². The number of esters is 1. The lowest BCUT2D eigenvalue weighted by atomic mass is 10.0. The summed E-state index contributed by atoms with van der Waals surface area (Å²) in [5.74, 6) is -0.840. The number of benzene rings is 2. The van der Waals surface area contributed by atoms with Gasteiger partial charge in [-0.25, -0.2) is 0 Å². The van der Waals surface area contributed by atoms with E-state index in [0.29, 0.717) is 22.9 Å². The molecule has 0 unspecified atom stereocenters. The van der Waals surface area contributed by atoms with Gasteiger partial charge in [-0.3, -0.25) is 14.4 Å². The summed E-state index contributed by atoms with van der Waals surface area (Å²) in [6, 6.07) is 14.1. The van der Waals surface area contributed by atoms with E-state index in [0.717, 1.165) is 5.56 Å². The van der Waals surface area contributed by atoms with E-state index in [4.69, 9.17) is 9.47 Å². The van der Waals surface area contributed by atoms with E-state index < -0.39 is 24.4 Å². The highest BCUT2D eigenvalue weighted by molar-refractivity contribution is 5.98. The van der Waals surface area contributed by atoms with Crippen LogP contribution >= 0.6 is 0 Å². The van der Waals surface area contributed by atoms with Gasteiger partial charge in [-0.15, -0.1) is 0 Å². The predicted octanol–water partition coefficient (Wildman–Crippen LogP) is 2.73. The third-order valence-electron chi connectivity index (χ3n) is 3.97. The van der Waals surface area contributed by atoms with Crippen molar-refractivity contribution < 1.29 is 23.9 Å². The largest absolute Gasteiger partial charge is 0.496 e. The average Bonchev–Trinajstić information content (AvgIpc) is 2.70. The van der Waals surface area contributed by atoms with Crippen molar-refractivity contribution in [1.82, 2.24) is 5.32 Å². The van der Waals surface area contributed by atoms with Crippen molar-refractivity contribution >= 4 is 23.5 Å². The summed E-state index contributed by atoms with van der Waals surface area (Å²) in [7, 11) is 1.45. The molecule has 0 bridgehead atoms. The molecule has 0 aromatic heterocycles. The number of ether oxygens (including phenoxy) is 2. The van der Waals surface area contributed by atoms with Crippen molar-refractivity contribution in [1.29, 1.82) is 0 Å². The van der Waals surface area contributed by atoms with Gasteiger partial charge in [-0.2, -0.15) is 0 Å². The van der Waals surface area contributed by atoms with Crippen molar-refractivity contribution in [3.63, 3.8) is 0 Å². The zero-order valence-electron chi connectivity index (χ0n) is 16.2. The molecule has 0 saturated carbocycles. The Morgan fingerprint density at radius 1 is 1.00 bits per heavy atom. The third-order valence-corrected chi connectivity index (χ3v) is 3.97. The van der Waals surface area contributed by atoms with E-state index in [1.54, 1.807) is 36.4 Å². The fraction of sp³-hybridized carbons (Fsp3) is 0.286. The molecule has 0 saturated heterocycles. The van der Waals surface area contributed by atoms with Crippen molar-refractivity contribution in [2.75, 3.05) is 25.6 Å². The quantitative estimate of drug-likeness (QED) is 0.683. The van der Waals surface area contributed by atoms with Crippen LogP contribution in [0.15, 0.2) is 48.5 Å². The Kier molecular flexibility index (Phi) is 7.56. The number of carbonyl (C=O) groups excluding carboxylic acids is 3. The van der Waals surface area contributed by atoms with Gasteiger partial charge in [0.1, 0.15) is 12.3 Å². The molecule has 0 atom stereocenters. The Balaban J connectivity index is 1.75. The Morgan fingerprint density at radius 3 is 2.32 bits per heavy atom. The molecule has 0 fully saturated rings. The minimum atomic E-state index is -0.714. The van der Waals surface area contributed by atoms with Gasteiger partial charge in [0.2, 0.25) is 0 Å². The number of anilines is 1. The van der Waals surface area contributed by atoms with Crippen LogP contribution in [0.3, 0.4) is 0 Å². The predicted molar refractivity (Wildman–Crippen MR) is 105 cm³/mol. The van der Waals surface area contributed by atoms with Gasteiger partial charge in [-0.1, -0.05) is 38.1 Å². The molecular formula is C21H24N2O5. The molecule has 148 valence electrons. The molecule has 2 aromatic rings. The normalized spacial score (nSPS) is 10.3. The molecular weight excluding hydrogens is 360 g/mol. The maximum Gasteiger partial charge on any atom is 0.325 e. The second kappa shape index (κ2) is 10.1. The molecule has 28 heavy (non-hydrogen) atoms. The minimum absolute atomic E-state index is 0.306. The minimum Gasteiger partial charge on any atom is -0.496 e. The van der Waals surface area contributed by atoms with Crippen LogP contribution in [0.1, 0.15) is 35.7 Å². The monoisotopic (exact) mass is 384 g/mol. The smallest absolute Gasteiger partial charge is 0.325 e. The molecule has 2 aromatic carbocycles. The Morgan fingerprint density at radius 2 is 1.68 bits per heavy atom. The fourth-order valence-corrected chi connectivity index (χ4v) is 2.43. The third kappa shape index (κ3) is 6.12. The van der Waals surface area contributed by atoms with Crippen LogP contribution in [0.25, 0.3) is 0 Å². The van der Waals surface area contributed by atoms with Gasteiger partial charge in [0, 0.05) is 5.69 Å². The molecule has 0 radical (unpaired) electrons. The summed E-state index contributed by atoms with van der Waals surface area (Å²) in [6.07, 6.45) is 0. The molecule has 7 nitrogen and oxygen atoms in total. The van der Waals surface area contributed by atoms with Crippen molar-refractivity contribution in [2.45, 2.75) is 19.8 Å². The molecule has 0 aliphatic heterocycles. The lowest BCUT2D eigenvalue weighted by Crippen LogP contribution is -2.32. The van der Waals surface area contributed by atoms with Crippen LogP contribution in [0, 0.1) is 0 Å². The van der Waals surface area contributed by atoms with Crippen molar-refractivity contribution in [3.05, 3.63) is 59.7 Å². The highest BCUT2D eigenvalue weighted by atomic mass is 16.5. The van der Waals surface area contributed by atoms with Gasteiger partial charge in [0.25, 0.3) is 11.8 Å². The second-order valence-corrected chi connectivity index (χ2v) is 6.37. The first-order valence-corrected chi connectivity index (χ1v) is 8.87. The van der Waals surface area contributed by atoms with Crippen molar-refractivity contribution in [2.24, 2.45) is 0 Å². The standard InChI is InChI=1S/C21H24N2O5/c1-14(2)15-8-10-16(11-9-15)23-19(24)13-28-20(25)12-22-21(26)17-6-4-5-7-18(17)27-3/h4-11,14H,12-13H2,1-3H3,(H,22,26)(H,23,24). The number of hydrogen-bond donors (Lipinski definition) is 2. The maximum absolute atomic E-state index is 12.1. The number of methoxy groups -OCH3 is 1. The molecule has 0 aliphatic rings. The van der Waals surface area contributed by atoms with E-state index in [-0.39, 0.29) is 6.54 Å². The first-order valence-electron chi connectivity index (χ1n) is 8.87. The Bertz CT molecular complexity index is 831. The van der Waals surface area contributed by atoms with Gasteiger partial charge in [0.15, 0.2) is 6.61 Å². The van der Waals surface area contributed by atoms with Crippen molar-refractivity contribution in [3.8, 4) is 5.75 Å². The van der Waals surface area contributed by atoms with Crippen LogP contribution < -0.4 is 15.4 Å². The maximum atomic E-state index is 12.1. The molecule has 0 spiro atoms. The van der Waals surface area contributed by atoms with Gasteiger partial charge < -0.3 is 20.1 Å². The highest BCUT2D eigenvalue weighted by Crippen LogP contribution is 2.17. The molecule has 0 heterocycles. The van der Waals surface area contributed by atoms with Crippen LogP contribution in [-0.2, 0) is 14.3 Å². The van der Waals surface area contributed by atoms with E-state index in [1.807, 2.05) is 12.1 Å². The van der Waals surface area contributed by atoms with Crippen LogP contribution in [0.4, 0.5) is 5.69 Å². The zero-order chi connectivity index (χ0) is 20.5. The lowest BCUT2D eigenvalue weighted by Gasteiger charge is -2.10. The number of para-hydroxylation sites is 1. The number of hydrogen-bond acceptors (Lipinski definition) is 5. The molecule has 2 amide bonds. The summed E-state index contributed by atoms with van der Waals surface area (Å²) < 4.78 is 9.98. The number of amides is 2. The number of nitrogens with one attached hydrogen (secondary N) is 2. The van der Waals surface area contributed by atoms with Crippen LogP contribution in [0.2, 0.25) is 0 Å². The topological polar surface area (TPSA) is 93.7 Å². The summed E-state index contributed by atoms with van der Waals surface area (Å²) >= 11 is 0. The van der Waals surface area contributed by atoms with E-state index in [2.05, 4.69) is 24.5 Å². The summed E-state index contributed by atoms with van der Waals surface area (Å²) in [6.45, 7) is 3.38. The lowest BCUT2D eigenvalue weighted by molar-refractivity contribution is -0.146. The first kappa shape index (κ1) is 21.0. The average molecular weight is 384 g/mol. The van der Waals surface area contributed by atoms with E-state index in [1.165, 1.54) is 7.11 Å². The van der Waals surface area contributed by atoms with Crippen LogP contribution in [-0.4, -0.2) is 38.0 Å². The van der Waals surface area contributed by atoms with Gasteiger partial charge >= 0.3 is 5.97 Å². The van der Waals surface area contributed by atoms with E-state index >= 15 is 0 Å². The Hall–Kier alpha value is -3.35. The first-order chi connectivity index (χ1) is 13.4. The summed E-state index contributed by atoms with van der Waals surface area (Å²) in [5, 5.41) is 5.09.